The van der Waals surface area contributed by atoms with Gasteiger partial charge in [-0.05, 0) is 82.6 Å². The fourth-order valence-corrected chi connectivity index (χ4v) is 7.19. The zero-order valence-electron chi connectivity index (χ0n) is 21.9. The lowest BCUT2D eigenvalue weighted by molar-refractivity contribution is 1.18. The van der Waals surface area contributed by atoms with Gasteiger partial charge in [-0.2, -0.15) is 0 Å². The topological polar surface area (TPSA) is 48.0 Å². The first kappa shape index (κ1) is 21.3. The molecule has 5 heterocycles. The van der Waals surface area contributed by atoms with Crippen LogP contribution in [0.25, 0.3) is 77.0 Å². The zero-order valence-corrected chi connectivity index (χ0v) is 21.9. The highest BCUT2D eigenvalue weighted by atomic mass is 15.0. The van der Waals surface area contributed by atoms with E-state index in [0.717, 1.165) is 34.0 Å². The number of imidazole rings is 1. The molecule has 0 atom stereocenters. The van der Waals surface area contributed by atoms with E-state index in [4.69, 9.17) is 4.98 Å². The van der Waals surface area contributed by atoms with Gasteiger partial charge in [0.15, 0.2) is 0 Å². The molecule has 4 aromatic carbocycles. The largest absolute Gasteiger partial charge is 0.309 e. The summed E-state index contributed by atoms with van der Waals surface area (Å²) >= 11 is 0. The SMILES string of the molecule is c1ccc(-n2c3ccccc3c3c4c(ccc32)Cc2cc3c(cc2-4)c2ccncc2n2c4cnccc4nc32)cc1. The first-order valence-electron chi connectivity index (χ1n) is 13.9. The summed E-state index contributed by atoms with van der Waals surface area (Å²) in [5, 5.41) is 6.14. The van der Waals surface area contributed by atoms with E-state index in [0.29, 0.717) is 0 Å². The van der Waals surface area contributed by atoms with Crippen LogP contribution in [0.1, 0.15) is 11.1 Å². The van der Waals surface area contributed by atoms with Gasteiger partial charge in [-0.15, -0.1) is 0 Å². The monoisotopic (exact) mass is 523 g/mol. The van der Waals surface area contributed by atoms with Gasteiger partial charge in [0.1, 0.15) is 5.65 Å². The molecule has 5 heteroatoms. The van der Waals surface area contributed by atoms with Crippen LogP contribution in [0, 0.1) is 0 Å². The molecule has 1 aliphatic rings. The first-order chi connectivity index (χ1) is 20.3. The van der Waals surface area contributed by atoms with Crippen molar-refractivity contribution in [2.24, 2.45) is 0 Å². The van der Waals surface area contributed by atoms with Crippen LogP contribution in [0.3, 0.4) is 0 Å². The average molecular weight is 524 g/mol. The highest BCUT2D eigenvalue weighted by Gasteiger charge is 2.26. The number of pyridine rings is 3. The molecule has 0 N–H and O–H groups in total. The van der Waals surface area contributed by atoms with E-state index < -0.39 is 0 Å². The van der Waals surface area contributed by atoms with Crippen LogP contribution in [0.5, 0.6) is 0 Å². The number of nitrogens with zero attached hydrogens (tertiary/aromatic N) is 5. The Morgan fingerprint density at radius 3 is 2.34 bits per heavy atom. The van der Waals surface area contributed by atoms with Gasteiger partial charge in [0, 0.05) is 39.6 Å². The van der Waals surface area contributed by atoms with Crippen LogP contribution in [-0.2, 0) is 6.42 Å². The summed E-state index contributed by atoms with van der Waals surface area (Å²) < 4.78 is 4.62. The van der Waals surface area contributed by atoms with E-state index in [1.165, 1.54) is 60.5 Å². The molecule has 0 saturated carbocycles. The van der Waals surface area contributed by atoms with Gasteiger partial charge in [-0.1, -0.05) is 42.5 Å². The molecule has 10 rings (SSSR count). The van der Waals surface area contributed by atoms with Crippen molar-refractivity contribution in [2.75, 3.05) is 0 Å². The molecule has 0 radical (unpaired) electrons. The number of rotatable bonds is 1. The summed E-state index contributed by atoms with van der Waals surface area (Å²) in [7, 11) is 0. The summed E-state index contributed by atoms with van der Waals surface area (Å²) in [6.45, 7) is 0. The number of benzene rings is 4. The molecule has 1 aliphatic carbocycles. The van der Waals surface area contributed by atoms with Crippen LogP contribution < -0.4 is 0 Å². The molecule has 41 heavy (non-hydrogen) atoms. The molecular weight excluding hydrogens is 502 g/mol. The van der Waals surface area contributed by atoms with Crippen molar-refractivity contribution in [2.45, 2.75) is 6.42 Å². The maximum Gasteiger partial charge on any atom is 0.146 e. The van der Waals surface area contributed by atoms with Crippen molar-refractivity contribution in [1.29, 1.82) is 0 Å². The molecule has 0 unspecified atom stereocenters. The molecule has 0 spiro atoms. The summed E-state index contributed by atoms with van der Waals surface area (Å²) in [4.78, 5) is 14.0. The van der Waals surface area contributed by atoms with Gasteiger partial charge in [0.25, 0.3) is 0 Å². The highest BCUT2D eigenvalue weighted by molar-refractivity contribution is 6.20. The predicted octanol–water partition coefficient (Wildman–Crippen LogP) is 8.25. The lowest BCUT2D eigenvalue weighted by atomic mass is 9.96. The van der Waals surface area contributed by atoms with Gasteiger partial charge >= 0.3 is 0 Å². The number of fused-ring (bicyclic) bond motifs is 15. The third-order valence-corrected chi connectivity index (χ3v) is 8.86. The molecule has 190 valence electrons. The minimum absolute atomic E-state index is 0.906. The molecular formula is C36H21N5. The van der Waals surface area contributed by atoms with Crippen molar-refractivity contribution in [3.63, 3.8) is 0 Å². The molecule has 0 amide bonds. The molecule has 5 nitrogen and oxygen atoms in total. The van der Waals surface area contributed by atoms with Crippen molar-refractivity contribution >= 4 is 60.2 Å². The van der Waals surface area contributed by atoms with E-state index in [1.54, 1.807) is 0 Å². The van der Waals surface area contributed by atoms with E-state index in [1.807, 2.05) is 30.9 Å². The van der Waals surface area contributed by atoms with E-state index >= 15 is 0 Å². The predicted molar refractivity (Wildman–Crippen MR) is 166 cm³/mol. The van der Waals surface area contributed by atoms with Crippen LogP contribution in [0.4, 0.5) is 0 Å². The Labute approximate surface area is 234 Å². The molecule has 9 aromatic rings. The fourth-order valence-electron chi connectivity index (χ4n) is 7.19. The Morgan fingerprint density at radius 1 is 0.585 bits per heavy atom. The van der Waals surface area contributed by atoms with Crippen molar-refractivity contribution in [3.8, 4) is 16.8 Å². The zero-order chi connectivity index (χ0) is 26.7. The summed E-state index contributed by atoms with van der Waals surface area (Å²) in [5.41, 5.74) is 13.0. The second-order valence-electron chi connectivity index (χ2n) is 10.9. The Balaban J connectivity index is 1.36. The summed E-state index contributed by atoms with van der Waals surface area (Å²) in [5.74, 6) is 0. The normalized spacial score (nSPS) is 12.8. The maximum atomic E-state index is 5.09. The fraction of sp³-hybridized carbons (Fsp3) is 0.0278. The van der Waals surface area contributed by atoms with Crippen LogP contribution in [0.15, 0.2) is 116 Å². The van der Waals surface area contributed by atoms with E-state index in [2.05, 4.69) is 104 Å². The quantitative estimate of drug-likeness (QED) is 0.204. The third kappa shape index (κ3) is 2.68. The van der Waals surface area contributed by atoms with Crippen LogP contribution in [0.2, 0.25) is 0 Å². The minimum atomic E-state index is 0.906. The number of para-hydroxylation sites is 2. The van der Waals surface area contributed by atoms with Crippen LogP contribution in [-0.4, -0.2) is 23.9 Å². The smallest absolute Gasteiger partial charge is 0.146 e. The highest BCUT2D eigenvalue weighted by Crippen LogP contribution is 2.48. The molecule has 0 saturated heterocycles. The molecule has 5 aromatic heterocycles. The van der Waals surface area contributed by atoms with Crippen molar-refractivity contribution in [3.05, 3.63) is 127 Å². The Bertz CT molecular complexity index is 2550. The third-order valence-electron chi connectivity index (χ3n) is 8.86. The second-order valence-corrected chi connectivity index (χ2v) is 10.9. The van der Waals surface area contributed by atoms with Gasteiger partial charge < -0.3 is 4.57 Å². The Morgan fingerprint density at radius 2 is 1.41 bits per heavy atom. The van der Waals surface area contributed by atoms with E-state index in [-0.39, 0.29) is 0 Å². The standard InChI is InChI=1S/C36H21N5/c1-2-6-23(7-3-1)40-30-9-5-4-8-25(30)35-31(40)11-10-21-16-22-17-28-27(18-26(22)34(21)35)24-12-14-37-19-32(24)41-33-20-38-15-13-29(33)39-36(28)41/h1-15,17-20H,16H2. The Kier molecular flexibility index (Phi) is 3.92. The first-order valence-corrected chi connectivity index (χ1v) is 13.9. The van der Waals surface area contributed by atoms with Gasteiger partial charge in [0.2, 0.25) is 0 Å². The summed E-state index contributed by atoms with van der Waals surface area (Å²) in [6, 6.07) is 33.0. The molecule has 0 aliphatic heterocycles. The number of hydrogen-bond acceptors (Lipinski definition) is 3. The van der Waals surface area contributed by atoms with Crippen molar-refractivity contribution in [1.82, 2.24) is 23.9 Å². The van der Waals surface area contributed by atoms with Gasteiger partial charge in [-0.25, -0.2) is 4.98 Å². The number of aromatic nitrogens is 5. The lowest BCUT2D eigenvalue weighted by Crippen LogP contribution is -1.94. The number of hydrogen-bond donors (Lipinski definition) is 0. The average Bonchev–Trinajstić information content (AvgIpc) is 3.70. The van der Waals surface area contributed by atoms with Gasteiger partial charge in [0.05, 0.1) is 40.0 Å². The van der Waals surface area contributed by atoms with Crippen LogP contribution >= 0.6 is 0 Å². The van der Waals surface area contributed by atoms with Crippen molar-refractivity contribution < 1.29 is 0 Å². The lowest BCUT2D eigenvalue weighted by Gasteiger charge is -2.12. The van der Waals surface area contributed by atoms with Gasteiger partial charge in [-0.3, -0.25) is 14.4 Å². The maximum absolute atomic E-state index is 5.09. The summed E-state index contributed by atoms with van der Waals surface area (Å²) in [6.07, 6.45) is 8.45. The second kappa shape index (κ2) is 7.55. The molecule has 0 bridgehead atoms. The minimum Gasteiger partial charge on any atom is -0.309 e. The molecule has 0 fully saturated rings. The Hall–Kier alpha value is -5.55. The van der Waals surface area contributed by atoms with E-state index in [9.17, 15) is 0 Å².